The van der Waals surface area contributed by atoms with Gasteiger partial charge < -0.3 is 15.3 Å². The number of amidine groups is 1. The number of hydrogen-bond donors (Lipinski definition) is 2. The van der Waals surface area contributed by atoms with Crippen LogP contribution in [0.1, 0.15) is 56.1 Å². The first-order valence-corrected chi connectivity index (χ1v) is 14.1. The number of sulfonamides is 1. The van der Waals surface area contributed by atoms with Crippen molar-refractivity contribution in [2.75, 3.05) is 38.2 Å². The third-order valence-corrected chi connectivity index (χ3v) is 9.10. The number of piperidine rings is 1. The van der Waals surface area contributed by atoms with Crippen LogP contribution in [0.25, 0.3) is 6.08 Å². The van der Waals surface area contributed by atoms with Gasteiger partial charge in [0.15, 0.2) is 0 Å². The van der Waals surface area contributed by atoms with E-state index in [1.807, 2.05) is 0 Å². The molecule has 1 saturated carbocycles. The number of amides is 1. The van der Waals surface area contributed by atoms with E-state index in [1.54, 1.807) is 7.05 Å². The predicted molar refractivity (Wildman–Crippen MR) is 135 cm³/mol. The van der Waals surface area contributed by atoms with Gasteiger partial charge >= 0.3 is 6.18 Å². The van der Waals surface area contributed by atoms with E-state index in [0.717, 1.165) is 43.2 Å². The fourth-order valence-corrected chi connectivity index (χ4v) is 6.44. The number of carbonyl (C=O) groups excluding carboxylic acids is 1. The van der Waals surface area contributed by atoms with Crippen LogP contribution in [0.15, 0.2) is 28.6 Å². The summed E-state index contributed by atoms with van der Waals surface area (Å²) in [5, 5.41) is 12.8. The molecule has 2 aliphatic heterocycles. The first kappa shape index (κ1) is 27.6. The van der Waals surface area contributed by atoms with Crippen molar-refractivity contribution in [3.8, 4) is 0 Å². The third kappa shape index (κ3) is 6.01. The Kier molecular flexibility index (Phi) is 8.01. The standard InChI is InChI=1S/C25H33F3N4O4S/c1-31(14-15-33)20-8-7-18(21(17-20)25(26,27)28)9-16-37(35,36)32-12-10-24(11-13-32)23(34)29-22(30-24)19-5-3-2-4-6-19/h7-9,16-17,19,33H,2-6,10-15H2,1H3,(H,29,30,34)/b16-9+. The minimum Gasteiger partial charge on any atom is -0.395 e. The number of anilines is 1. The van der Waals surface area contributed by atoms with Crippen molar-refractivity contribution in [3.05, 3.63) is 34.7 Å². The largest absolute Gasteiger partial charge is 0.417 e. The summed E-state index contributed by atoms with van der Waals surface area (Å²) >= 11 is 0. The maximum absolute atomic E-state index is 13.7. The Morgan fingerprint density at radius 3 is 2.51 bits per heavy atom. The van der Waals surface area contributed by atoms with Crippen molar-refractivity contribution in [2.24, 2.45) is 10.9 Å². The molecular formula is C25H33F3N4O4S. The lowest BCUT2D eigenvalue weighted by atomic mass is 9.88. The van der Waals surface area contributed by atoms with Gasteiger partial charge in [-0.05, 0) is 49.5 Å². The van der Waals surface area contributed by atoms with E-state index in [1.165, 1.54) is 27.8 Å². The minimum absolute atomic E-state index is 0.0541. The number of nitrogens with one attached hydrogen (secondary N) is 1. The number of likely N-dealkylation sites (N-methyl/N-ethyl adjacent to an activating group) is 1. The Bertz CT molecular complexity index is 1170. The molecular weight excluding hydrogens is 509 g/mol. The molecule has 1 aromatic rings. The summed E-state index contributed by atoms with van der Waals surface area (Å²) in [5.74, 6) is 0.759. The van der Waals surface area contributed by atoms with Crippen molar-refractivity contribution in [3.63, 3.8) is 0 Å². The van der Waals surface area contributed by atoms with Crippen molar-refractivity contribution in [1.29, 1.82) is 0 Å². The lowest BCUT2D eigenvalue weighted by molar-refractivity contribution is -0.137. The second kappa shape index (κ2) is 10.7. The monoisotopic (exact) mass is 542 g/mol. The van der Waals surface area contributed by atoms with Crippen LogP contribution in [0.2, 0.25) is 0 Å². The third-order valence-electron chi connectivity index (χ3n) is 7.54. The highest BCUT2D eigenvalue weighted by molar-refractivity contribution is 7.92. The van der Waals surface area contributed by atoms with E-state index in [0.29, 0.717) is 5.84 Å². The maximum atomic E-state index is 13.7. The molecule has 37 heavy (non-hydrogen) atoms. The van der Waals surface area contributed by atoms with E-state index >= 15 is 0 Å². The molecule has 0 unspecified atom stereocenters. The molecule has 1 amide bonds. The Balaban J connectivity index is 1.47. The van der Waals surface area contributed by atoms with Gasteiger partial charge in [0.25, 0.3) is 5.91 Å². The molecule has 0 bridgehead atoms. The van der Waals surface area contributed by atoms with Crippen molar-refractivity contribution >= 4 is 33.5 Å². The van der Waals surface area contributed by atoms with Crippen LogP contribution in [0.5, 0.6) is 0 Å². The van der Waals surface area contributed by atoms with Crippen molar-refractivity contribution < 1.29 is 31.5 Å². The van der Waals surface area contributed by atoms with Crippen LogP contribution < -0.4 is 10.2 Å². The summed E-state index contributed by atoms with van der Waals surface area (Å²) in [6.07, 6.45) is 2.06. The van der Waals surface area contributed by atoms with Crippen molar-refractivity contribution in [2.45, 2.75) is 56.7 Å². The van der Waals surface area contributed by atoms with Gasteiger partial charge in [0, 0.05) is 43.7 Å². The summed E-state index contributed by atoms with van der Waals surface area (Å²) in [6, 6.07) is 3.60. The molecule has 1 spiro atoms. The Labute approximate surface area is 215 Å². The number of hydrogen-bond acceptors (Lipinski definition) is 6. The van der Waals surface area contributed by atoms with Gasteiger partial charge in [0.05, 0.1) is 12.2 Å². The Hall–Kier alpha value is -2.44. The Morgan fingerprint density at radius 2 is 1.89 bits per heavy atom. The molecule has 204 valence electrons. The molecule has 1 aliphatic carbocycles. The number of halogens is 3. The Morgan fingerprint density at radius 1 is 1.22 bits per heavy atom. The highest BCUT2D eigenvalue weighted by Crippen LogP contribution is 2.37. The number of aliphatic hydroxyl groups is 1. The molecule has 8 nitrogen and oxygen atoms in total. The van der Waals surface area contributed by atoms with Gasteiger partial charge in [-0.25, -0.2) is 8.42 Å². The second-order valence-corrected chi connectivity index (χ2v) is 11.8. The quantitative estimate of drug-likeness (QED) is 0.550. The summed E-state index contributed by atoms with van der Waals surface area (Å²) in [4.78, 5) is 19.0. The predicted octanol–water partition coefficient (Wildman–Crippen LogP) is 3.38. The highest BCUT2D eigenvalue weighted by atomic mass is 32.2. The number of benzene rings is 1. The minimum atomic E-state index is -4.69. The van der Waals surface area contributed by atoms with Gasteiger partial charge in [-0.2, -0.15) is 17.5 Å². The molecule has 2 heterocycles. The van der Waals surface area contributed by atoms with Crippen LogP contribution in [-0.4, -0.2) is 68.4 Å². The van der Waals surface area contributed by atoms with E-state index < -0.39 is 27.3 Å². The molecule has 2 fully saturated rings. The molecule has 0 atom stereocenters. The van der Waals surface area contributed by atoms with Gasteiger partial charge in [-0.3, -0.25) is 9.79 Å². The number of alkyl halides is 3. The van der Waals surface area contributed by atoms with E-state index in [2.05, 4.69) is 5.32 Å². The zero-order valence-corrected chi connectivity index (χ0v) is 21.6. The molecule has 3 aliphatic rings. The number of carbonyl (C=O) groups is 1. The van der Waals surface area contributed by atoms with Gasteiger partial charge in [-0.15, -0.1) is 0 Å². The normalized spacial score (nSPS) is 21.4. The number of rotatable bonds is 7. The molecule has 0 aromatic heterocycles. The van der Waals surface area contributed by atoms with Gasteiger partial charge in [-0.1, -0.05) is 25.3 Å². The number of aliphatic hydroxyl groups excluding tert-OH is 1. The van der Waals surface area contributed by atoms with Gasteiger partial charge in [0.2, 0.25) is 10.0 Å². The molecule has 1 saturated heterocycles. The summed E-state index contributed by atoms with van der Waals surface area (Å²) in [7, 11) is -2.46. The topological polar surface area (TPSA) is 102 Å². The molecule has 0 radical (unpaired) electrons. The van der Waals surface area contributed by atoms with Crippen LogP contribution in [-0.2, 0) is 21.0 Å². The van der Waals surface area contributed by atoms with Crippen molar-refractivity contribution in [1.82, 2.24) is 9.62 Å². The number of nitrogens with zero attached hydrogens (tertiary/aromatic N) is 3. The SMILES string of the molecule is CN(CCO)c1ccc(/C=C/S(=O)(=O)N2CCC3(CC2)N=C(C2CCCCC2)NC3=O)c(C(F)(F)F)c1. The van der Waals surface area contributed by atoms with Gasteiger partial charge in [0.1, 0.15) is 11.4 Å². The van der Waals surface area contributed by atoms with Crippen LogP contribution in [0.3, 0.4) is 0 Å². The summed E-state index contributed by atoms with van der Waals surface area (Å²) < 4.78 is 68.2. The molecule has 1 aromatic carbocycles. The summed E-state index contributed by atoms with van der Waals surface area (Å²) in [6.45, 7) is 0.0440. The van der Waals surface area contributed by atoms with E-state index in [9.17, 15) is 26.4 Å². The molecule has 4 rings (SSSR count). The van der Waals surface area contributed by atoms with Crippen LogP contribution in [0.4, 0.5) is 18.9 Å². The summed E-state index contributed by atoms with van der Waals surface area (Å²) in [5.41, 5.74) is -1.96. The fraction of sp³-hybridized carbons (Fsp3) is 0.600. The molecule has 12 heteroatoms. The maximum Gasteiger partial charge on any atom is 0.417 e. The average Bonchev–Trinajstić information content (AvgIpc) is 3.18. The zero-order chi connectivity index (χ0) is 26.8. The fourth-order valence-electron chi connectivity index (χ4n) is 5.26. The second-order valence-electron chi connectivity index (χ2n) is 9.98. The lowest BCUT2D eigenvalue weighted by Gasteiger charge is -2.34. The van der Waals surface area contributed by atoms with E-state index in [4.69, 9.17) is 10.1 Å². The lowest BCUT2D eigenvalue weighted by Crippen LogP contribution is -2.50. The number of aliphatic imine (C=N–C) groups is 1. The van der Waals surface area contributed by atoms with Crippen LogP contribution >= 0.6 is 0 Å². The first-order valence-electron chi connectivity index (χ1n) is 12.6. The first-order chi connectivity index (χ1) is 17.4. The zero-order valence-electron chi connectivity index (χ0n) is 20.8. The smallest absolute Gasteiger partial charge is 0.395 e. The van der Waals surface area contributed by atoms with Crippen LogP contribution in [0, 0.1) is 5.92 Å². The highest BCUT2D eigenvalue weighted by Gasteiger charge is 2.48. The average molecular weight is 543 g/mol. The van der Waals surface area contributed by atoms with E-state index in [-0.39, 0.29) is 62.2 Å². The molecule has 2 N–H and O–H groups in total.